The van der Waals surface area contributed by atoms with E-state index < -0.39 is 0 Å². The fourth-order valence-electron chi connectivity index (χ4n) is 3.97. The number of benzene rings is 2. The van der Waals surface area contributed by atoms with Crippen molar-refractivity contribution in [3.8, 4) is 0 Å². The number of nitrogens with one attached hydrogen (secondary N) is 1. The summed E-state index contributed by atoms with van der Waals surface area (Å²) < 4.78 is 0. The first-order chi connectivity index (χ1) is 15.0. The van der Waals surface area contributed by atoms with Crippen LogP contribution in [0.2, 0.25) is 0 Å². The van der Waals surface area contributed by atoms with Gasteiger partial charge < -0.3 is 5.32 Å². The van der Waals surface area contributed by atoms with Crippen LogP contribution in [0.1, 0.15) is 44.7 Å². The maximum Gasteiger partial charge on any atom is 0.261 e. The summed E-state index contributed by atoms with van der Waals surface area (Å²) in [5.41, 5.74) is 3.92. The normalized spacial score (nSPS) is 16.5. The minimum atomic E-state index is -0.277. The summed E-state index contributed by atoms with van der Waals surface area (Å²) in [6, 6.07) is 13.1. The highest BCUT2D eigenvalue weighted by molar-refractivity contribution is 7.99. The second-order valence-corrected chi connectivity index (χ2v) is 9.22. The van der Waals surface area contributed by atoms with Crippen LogP contribution < -0.4 is 5.32 Å². The molecular formula is C24H27N3O3S. The quantitative estimate of drug-likeness (QED) is 0.671. The maximum atomic E-state index is 12.5. The molecule has 0 bridgehead atoms. The van der Waals surface area contributed by atoms with Crippen molar-refractivity contribution in [3.05, 3.63) is 64.7 Å². The number of hydrogen-bond acceptors (Lipinski definition) is 5. The number of hydrogen-bond donors (Lipinski definition) is 1. The molecule has 1 N–H and O–H groups in total. The van der Waals surface area contributed by atoms with Gasteiger partial charge in [0.1, 0.15) is 0 Å². The number of aryl methyl sites for hydroxylation is 1. The second-order valence-electron chi connectivity index (χ2n) is 8.00. The van der Waals surface area contributed by atoms with Crippen molar-refractivity contribution < 1.29 is 14.4 Å². The van der Waals surface area contributed by atoms with Gasteiger partial charge in [0.25, 0.3) is 11.8 Å². The summed E-state index contributed by atoms with van der Waals surface area (Å²) >= 11 is 1.99. The van der Waals surface area contributed by atoms with Gasteiger partial charge in [0.05, 0.1) is 11.1 Å². The molecule has 1 fully saturated rings. The van der Waals surface area contributed by atoms with E-state index in [0.717, 1.165) is 30.9 Å². The lowest BCUT2D eigenvalue weighted by molar-refractivity contribution is -0.116. The van der Waals surface area contributed by atoms with Crippen LogP contribution >= 0.6 is 11.8 Å². The second kappa shape index (κ2) is 9.66. The van der Waals surface area contributed by atoms with E-state index in [9.17, 15) is 14.4 Å². The van der Waals surface area contributed by atoms with Crippen molar-refractivity contribution in [1.29, 1.82) is 0 Å². The largest absolute Gasteiger partial charge is 0.326 e. The Hall–Kier alpha value is -2.64. The zero-order valence-electron chi connectivity index (χ0n) is 17.7. The van der Waals surface area contributed by atoms with Crippen molar-refractivity contribution >= 4 is 35.2 Å². The summed E-state index contributed by atoms with van der Waals surface area (Å²) in [7, 11) is 0. The molecule has 1 saturated heterocycles. The van der Waals surface area contributed by atoms with Crippen LogP contribution in [0, 0.1) is 6.92 Å². The van der Waals surface area contributed by atoms with E-state index in [4.69, 9.17) is 0 Å². The number of carbonyl (C=O) groups is 3. The summed E-state index contributed by atoms with van der Waals surface area (Å²) in [4.78, 5) is 41.0. The first-order valence-electron chi connectivity index (χ1n) is 10.7. The van der Waals surface area contributed by atoms with Crippen molar-refractivity contribution in [2.24, 2.45) is 0 Å². The van der Waals surface area contributed by atoms with Crippen LogP contribution in [0.4, 0.5) is 5.69 Å². The molecule has 2 aliphatic rings. The average Bonchev–Trinajstić information content (AvgIpc) is 3.02. The third kappa shape index (κ3) is 4.99. The van der Waals surface area contributed by atoms with Crippen LogP contribution in [0.25, 0.3) is 0 Å². The molecule has 2 aromatic carbocycles. The molecule has 2 heterocycles. The molecule has 4 rings (SSSR count). The molecule has 2 aromatic rings. The molecule has 0 unspecified atom stereocenters. The standard InChI is InChI=1S/C24H27N3O3S/c1-17-8-9-18(16-26-11-13-31-14-12-26)15-21(17)25-22(28)7-4-10-27-23(29)19-5-2-3-6-20(19)24(27)30/h2-3,5-6,8-9,15H,4,7,10-14,16H2,1H3,(H,25,28). The lowest BCUT2D eigenvalue weighted by Gasteiger charge is -2.26. The predicted octanol–water partition coefficient (Wildman–Crippen LogP) is 3.56. The molecule has 0 radical (unpaired) electrons. The summed E-state index contributed by atoms with van der Waals surface area (Å²) in [6.07, 6.45) is 0.682. The fraction of sp³-hybridized carbons (Fsp3) is 0.375. The Balaban J connectivity index is 1.29. The van der Waals surface area contributed by atoms with Crippen LogP contribution in [-0.4, -0.2) is 58.7 Å². The molecule has 7 heteroatoms. The Morgan fingerprint density at radius 2 is 1.71 bits per heavy atom. The van der Waals surface area contributed by atoms with Crippen molar-refractivity contribution in [3.63, 3.8) is 0 Å². The smallest absolute Gasteiger partial charge is 0.261 e. The number of thioether (sulfide) groups is 1. The number of anilines is 1. The molecule has 6 nitrogen and oxygen atoms in total. The lowest BCUT2D eigenvalue weighted by atomic mass is 10.1. The monoisotopic (exact) mass is 437 g/mol. The fourth-order valence-corrected chi connectivity index (χ4v) is 4.95. The Labute approximate surface area is 187 Å². The van der Waals surface area contributed by atoms with Crippen LogP contribution in [0.15, 0.2) is 42.5 Å². The van der Waals surface area contributed by atoms with Gasteiger partial charge in [-0.05, 0) is 42.7 Å². The van der Waals surface area contributed by atoms with E-state index in [-0.39, 0.29) is 30.7 Å². The zero-order chi connectivity index (χ0) is 21.8. The number of imide groups is 1. The minimum absolute atomic E-state index is 0.105. The van der Waals surface area contributed by atoms with E-state index in [2.05, 4.69) is 22.3 Å². The SMILES string of the molecule is Cc1ccc(CN2CCSCC2)cc1NC(=O)CCCN1C(=O)c2ccccc2C1=O. The number of rotatable bonds is 7. The third-order valence-corrected chi connectivity index (χ3v) is 6.69. The van der Waals surface area contributed by atoms with E-state index >= 15 is 0 Å². The summed E-state index contributed by atoms with van der Waals surface area (Å²) in [6.45, 7) is 5.31. The highest BCUT2D eigenvalue weighted by atomic mass is 32.2. The first-order valence-corrected chi connectivity index (χ1v) is 11.8. The Morgan fingerprint density at radius 3 is 2.39 bits per heavy atom. The average molecular weight is 438 g/mol. The lowest BCUT2D eigenvalue weighted by Crippen LogP contribution is -2.32. The van der Waals surface area contributed by atoms with Gasteiger partial charge in [0.15, 0.2) is 0 Å². The summed E-state index contributed by atoms with van der Waals surface area (Å²) in [5, 5.41) is 3.00. The number of amides is 3. The van der Waals surface area contributed by atoms with E-state index in [1.165, 1.54) is 22.0 Å². The molecule has 0 atom stereocenters. The highest BCUT2D eigenvalue weighted by Crippen LogP contribution is 2.23. The molecule has 0 aromatic heterocycles. The van der Waals surface area contributed by atoms with Crippen LogP contribution in [0.5, 0.6) is 0 Å². The first kappa shape index (κ1) is 21.6. The van der Waals surface area contributed by atoms with Crippen LogP contribution in [-0.2, 0) is 11.3 Å². The molecule has 0 spiro atoms. The zero-order valence-corrected chi connectivity index (χ0v) is 18.5. The number of carbonyl (C=O) groups excluding carboxylic acids is 3. The molecule has 0 aliphatic carbocycles. The van der Waals surface area contributed by atoms with E-state index in [1.807, 2.05) is 24.8 Å². The van der Waals surface area contributed by atoms with Crippen molar-refractivity contribution in [2.75, 3.05) is 36.5 Å². The van der Waals surface area contributed by atoms with Gasteiger partial charge >= 0.3 is 0 Å². The van der Waals surface area contributed by atoms with Crippen molar-refractivity contribution in [2.45, 2.75) is 26.3 Å². The molecule has 0 saturated carbocycles. The topological polar surface area (TPSA) is 69.7 Å². The molecule has 2 aliphatic heterocycles. The molecule has 31 heavy (non-hydrogen) atoms. The van der Waals surface area contributed by atoms with Crippen molar-refractivity contribution in [1.82, 2.24) is 9.80 Å². The minimum Gasteiger partial charge on any atom is -0.326 e. The predicted molar refractivity (Wildman–Crippen MR) is 123 cm³/mol. The molecule has 3 amide bonds. The Bertz CT molecular complexity index is 966. The Kier molecular flexibility index (Phi) is 6.73. The number of fused-ring (bicyclic) bond motifs is 1. The van der Waals surface area contributed by atoms with Crippen LogP contribution in [0.3, 0.4) is 0 Å². The van der Waals surface area contributed by atoms with Gasteiger partial charge in [-0.3, -0.25) is 24.2 Å². The van der Waals surface area contributed by atoms with E-state index in [1.54, 1.807) is 24.3 Å². The van der Waals surface area contributed by atoms with Gasteiger partial charge in [-0.1, -0.05) is 24.3 Å². The van der Waals surface area contributed by atoms with Gasteiger partial charge in [-0.2, -0.15) is 11.8 Å². The van der Waals surface area contributed by atoms with Gasteiger partial charge in [-0.25, -0.2) is 0 Å². The maximum absolute atomic E-state index is 12.5. The summed E-state index contributed by atoms with van der Waals surface area (Å²) in [5.74, 6) is 1.68. The number of nitrogens with zero attached hydrogens (tertiary/aromatic N) is 2. The van der Waals surface area contributed by atoms with Gasteiger partial charge in [0.2, 0.25) is 5.91 Å². The third-order valence-electron chi connectivity index (χ3n) is 5.75. The van der Waals surface area contributed by atoms with Gasteiger partial charge in [0, 0.05) is 49.8 Å². The molecular weight excluding hydrogens is 410 g/mol. The van der Waals surface area contributed by atoms with Gasteiger partial charge in [-0.15, -0.1) is 0 Å². The Morgan fingerprint density at radius 1 is 1.03 bits per heavy atom. The molecule has 162 valence electrons. The van der Waals surface area contributed by atoms with E-state index in [0.29, 0.717) is 17.5 Å². The highest BCUT2D eigenvalue weighted by Gasteiger charge is 2.34.